The molecule has 1 aromatic rings. The molecule has 0 spiro atoms. The summed E-state index contributed by atoms with van der Waals surface area (Å²) >= 11 is 0. The summed E-state index contributed by atoms with van der Waals surface area (Å²) in [6.07, 6.45) is 2.24. The molecular weight excluding hydrogens is 248 g/mol. The molecule has 3 nitrogen and oxygen atoms in total. The third-order valence-corrected chi connectivity index (χ3v) is 4.56. The molecule has 1 fully saturated rings. The van der Waals surface area contributed by atoms with Crippen LogP contribution in [-0.4, -0.2) is 41.9 Å². The van der Waals surface area contributed by atoms with E-state index in [1.54, 1.807) is 0 Å². The number of benzene rings is 1. The number of amides is 1. The maximum atomic E-state index is 12.1. The van der Waals surface area contributed by atoms with E-state index in [9.17, 15) is 4.79 Å². The van der Waals surface area contributed by atoms with Crippen molar-refractivity contribution in [1.29, 1.82) is 0 Å². The fraction of sp³-hybridized carbons (Fsp3) is 0.588. The second kappa shape index (κ2) is 5.57. The molecule has 0 aromatic heterocycles. The highest BCUT2D eigenvalue weighted by Crippen LogP contribution is 2.24. The van der Waals surface area contributed by atoms with Gasteiger partial charge in [0.1, 0.15) is 0 Å². The Kier molecular flexibility index (Phi) is 3.79. The molecule has 0 bridgehead atoms. The van der Waals surface area contributed by atoms with Crippen LogP contribution in [0.25, 0.3) is 0 Å². The van der Waals surface area contributed by atoms with Crippen LogP contribution in [0.5, 0.6) is 0 Å². The van der Waals surface area contributed by atoms with Gasteiger partial charge in [0.2, 0.25) is 5.91 Å². The van der Waals surface area contributed by atoms with E-state index in [1.807, 2.05) is 4.90 Å². The number of hydrogen-bond donors (Lipinski definition) is 0. The third kappa shape index (κ3) is 2.73. The maximum absolute atomic E-state index is 12.1. The van der Waals surface area contributed by atoms with Gasteiger partial charge in [-0.05, 0) is 35.4 Å². The highest BCUT2D eigenvalue weighted by molar-refractivity contribution is 5.79. The molecule has 3 heteroatoms. The van der Waals surface area contributed by atoms with Gasteiger partial charge in [-0.1, -0.05) is 32.0 Å². The maximum Gasteiger partial charge on any atom is 0.236 e. The van der Waals surface area contributed by atoms with Crippen molar-refractivity contribution in [3.8, 4) is 0 Å². The van der Waals surface area contributed by atoms with Gasteiger partial charge in [-0.2, -0.15) is 0 Å². The number of nitrogens with zero attached hydrogens (tertiary/aromatic N) is 2. The zero-order valence-corrected chi connectivity index (χ0v) is 12.6. The smallest absolute Gasteiger partial charge is 0.236 e. The molecule has 0 saturated carbocycles. The van der Waals surface area contributed by atoms with Gasteiger partial charge >= 0.3 is 0 Å². The van der Waals surface area contributed by atoms with Crippen LogP contribution in [0, 0.1) is 0 Å². The fourth-order valence-electron chi connectivity index (χ4n) is 2.99. The van der Waals surface area contributed by atoms with E-state index in [2.05, 4.69) is 36.9 Å². The van der Waals surface area contributed by atoms with Crippen molar-refractivity contribution in [2.75, 3.05) is 26.2 Å². The van der Waals surface area contributed by atoms with E-state index in [0.717, 1.165) is 32.6 Å². The molecule has 0 atom stereocenters. The number of carbonyl (C=O) groups excluding carboxylic acids is 1. The van der Waals surface area contributed by atoms with Crippen molar-refractivity contribution in [1.82, 2.24) is 9.80 Å². The Morgan fingerprint density at radius 1 is 1.20 bits per heavy atom. The predicted molar refractivity (Wildman–Crippen MR) is 80.7 cm³/mol. The molecule has 2 aliphatic rings. The SMILES string of the molecule is CC(C)c1ccc2c(c1)CN(CC(=O)N1CCC1)CC2. The number of likely N-dealkylation sites (tertiary alicyclic amines) is 1. The molecule has 2 heterocycles. The Balaban J connectivity index is 1.67. The summed E-state index contributed by atoms with van der Waals surface area (Å²) in [7, 11) is 0. The first-order chi connectivity index (χ1) is 9.63. The van der Waals surface area contributed by atoms with Crippen molar-refractivity contribution in [2.24, 2.45) is 0 Å². The largest absolute Gasteiger partial charge is 0.341 e. The first-order valence-electron chi connectivity index (χ1n) is 7.75. The lowest BCUT2D eigenvalue weighted by Crippen LogP contribution is -2.47. The molecule has 1 amide bonds. The van der Waals surface area contributed by atoms with Crippen LogP contribution in [0.1, 0.15) is 42.9 Å². The van der Waals surface area contributed by atoms with Crippen LogP contribution in [0.2, 0.25) is 0 Å². The van der Waals surface area contributed by atoms with Gasteiger partial charge in [0, 0.05) is 26.2 Å². The monoisotopic (exact) mass is 272 g/mol. The average Bonchev–Trinajstić information content (AvgIpc) is 2.35. The highest BCUT2D eigenvalue weighted by atomic mass is 16.2. The summed E-state index contributed by atoms with van der Waals surface area (Å²) in [6.45, 7) is 8.90. The minimum Gasteiger partial charge on any atom is -0.341 e. The van der Waals surface area contributed by atoms with Gasteiger partial charge in [-0.3, -0.25) is 9.69 Å². The first kappa shape index (κ1) is 13.6. The van der Waals surface area contributed by atoms with Crippen LogP contribution >= 0.6 is 0 Å². The van der Waals surface area contributed by atoms with Crippen LogP contribution < -0.4 is 0 Å². The molecule has 0 radical (unpaired) electrons. The van der Waals surface area contributed by atoms with Crippen molar-refractivity contribution in [3.05, 3.63) is 34.9 Å². The zero-order chi connectivity index (χ0) is 14.1. The molecule has 0 aliphatic carbocycles. The Morgan fingerprint density at radius 3 is 2.65 bits per heavy atom. The average molecular weight is 272 g/mol. The quantitative estimate of drug-likeness (QED) is 0.843. The molecule has 0 unspecified atom stereocenters. The van der Waals surface area contributed by atoms with Crippen LogP contribution in [-0.2, 0) is 17.8 Å². The molecule has 108 valence electrons. The van der Waals surface area contributed by atoms with E-state index in [-0.39, 0.29) is 0 Å². The van der Waals surface area contributed by atoms with E-state index in [4.69, 9.17) is 0 Å². The standard InChI is InChI=1S/C17H24N2O/c1-13(2)15-5-4-14-6-9-18(11-16(14)10-15)12-17(20)19-7-3-8-19/h4-5,10,13H,3,6-9,11-12H2,1-2H3. The van der Waals surface area contributed by atoms with Crippen molar-refractivity contribution in [2.45, 2.75) is 39.2 Å². The number of hydrogen-bond acceptors (Lipinski definition) is 2. The predicted octanol–water partition coefficient (Wildman–Crippen LogP) is 2.40. The molecule has 20 heavy (non-hydrogen) atoms. The minimum absolute atomic E-state index is 0.305. The molecule has 2 aliphatic heterocycles. The highest BCUT2D eigenvalue weighted by Gasteiger charge is 2.24. The summed E-state index contributed by atoms with van der Waals surface area (Å²) in [5.41, 5.74) is 4.28. The summed E-state index contributed by atoms with van der Waals surface area (Å²) in [6, 6.07) is 6.86. The second-order valence-electron chi connectivity index (χ2n) is 6.38. The lowest BCUT2D eigenvalue weighted by molar-refractivity contribution is -0.136. The first-order valence-corrected chi connectivity index (χ1v) is 7.75. The second-order valence-corrected chi connectivity index (χ2v) is 6.38. The minimum atomic E-state index is 0.305. The molecule has 3 rings (SSSR count). The van der Waals surface area contributed by atoms with Crippen LogP contribution in [0.15, 0.2) is 18.2 Å². The van der Waals surface area contributed by atoms with Crippen LogP contribution in [0.4, 0.5) is 0 Å². The van der Waals surface area contributed by atoms with E-state index >= 15 is 0 Å². The van der Waals surface area contributed by atoms with Gasteiger partial charge in [0.05, 0.1) is 6.54 Å². The summed E-state index contributed by atoms with van der Waals surface area (Å²) in [5, 5.41) is 0. The van der Waals surface area contributed by atoms with Crippen molar-refractivity contribution in [3.63, 3.8) is 0 Å². The van der Waals surface area contributed by atoms with Gasteiger partial charge < -0.3 is 4.90 Å². The normalized spacial score (nSPS) is 18.9. The van der Waals surface area contributed by atoms with Gasteiger partial charge in [-0.25, -0.2) is 0 Å². The Labute approximate surface area is 121 Å². The summed E-state index contributed by atoms with van der Waals surface area (Å²) in [5.74, 6) is 0.873. The molecule has 1 aromatic carbocycles. The zero-order valence-electron chi connectivity index (χ0n) is 12.6. The van der Waals surface area contributed by atoms with Gasteiger partial charge in [0.15, 0.2) is 0 Å². The molecular formula is C17H24N2O. The lowest BCUT2D eigenvalue weighted by Gasteiger charge is -2.35. The van der Waals surface area contributed by atoms with E-state index in [1.165, 1.54) is 23.1 Å². The van der Waals surface area contributed by atoms with Crippen molar-refractivity contribution < 1.29 is 4.79 Å². The fourth-order valence-corrected chi connectivity index (χ4v) is 2.99. The number of carbonyl (C=O) groups is 1. The third-order valence-electron chi connectivity index (χ3n) is 4.56. The summed E-state index contributed by atoms with van der Waals surface area (Å²) < 4.78 is 0. The van der Waals surface area contributed by atoms with E-state index in [0.29, 0.717) is 18.4 Å². The summed E-state index contributed by atoms with van der Waals surface area (Å²) in [4.78, 5) is 16.3. The van der Waals surface area contributed by atoms with Crippen molar-refractivity contribution >= 4 is 5.91 Å². The van der Waals surface area contributed by atoms with Gasteiger partial charge in [0.25, 0.3) is 0 Å². The number of rotatable bonds is 3. The van der Waals surface area contributed by atoms with Crippen LogP contribution in [0.3, 0.4) is 0 Å². The topological polar surface area (TPSA) is 23.6 Å². The Hall–Kier alpha value is -1.35. The Morgan fingerprint density at radius 2 is 2.00 bits per heavy atom. The number of fused-ring (bicyclic) bond motifs is 1. The molecule has 1 saturated heterocycles. The van der Waals surface area contributed by atoms with Gasteiger partial charge in [-0.15, -0.1) is 0 Å². The lowest BCUT2D eigenvalue weighted by atomic mass is 9.93. The Bertz CT molecular complexity index is 506. The van der Waals surface area contributed by atoms with E-state index < -0.39 is 0 Å². The molecule has 0 N–H and O–H groups in total.